The first kappa shape index (κ1) is 17.1. The predicted molar refractivity (Wildman–Crippen MR) is 124 cm³/mol. The molecule has 1 aromatic carbocycles. The van der Waals surface area contributed by atoms with Gasteiger partial charge in [-0.25, -0.2) is 0 Å². The molecule has 0 N–H and O–H groups in total. The number of hydrogen-bond acceptors (Lipinski definition) is 4. The predicted octanol–water partition coefficient (Wildman–Crippen LogP) is 7.33. The molecule has 4 aliphatic carbocycles. The highest BCUT2D eigenvalue weighted by atomic mass is 14.9. The van der Waals surface area contributed by atoms with Crippen LogP contribution in [-0.2, 0) is 0 Å². The van der Waals surface area contributed by atoms with Crippen molar-refractivity contribution in [2.24, 2.45) is 20.0 Å². The quantitative estimate of drug-likeness (QED) is 0.442. The van der Waals surface area contributed by atoms with E-state index in [1.807, 2.05) is 0 Å². The summed E-state index contributed by atoms with van der Waals surface area (Å²) in [6.07, 6.45) is 14.0. The highest BCUT2D eigenvalue weighted by molar-refractivity contribution is 6.29. The fourth-order valence-electron chi connectivity index (χ4n) is 6.22. The van der Waals surface area contributed by atoms with Crippen molar-refractivity contribution >= 4 is 45.6 Å². The van der Waals surface area contributed by atoms with Gasteiger partial charge in [0.25, 0.3) is 0 Å². The monoisotopic (exact) mass is 394 g/mol. The fraction of sp³-hybridized carbons (Fsp3) is 0.462. The van der Waals surface area contributed by atoms with Crippen LogP contribution in [-0.4, -0.2) is 22.8 Å². The van der Waals surface area contributed by atoms with Crippen molar-refractivity contribution in [1.29, 1.82) is 0 Å². The number of aliphatic imine (C=N–C) groups is 4. The van der Waals surface area contributed by atoms with Crippen LogP contribution in [0.3, 0.4) is 0 Å². The lowest BCUT2D eigenvalue weighted by molar-refractivity contribution is 0.728. The molecule has 0 radical (unpaired) electrons. The Bertz CT molecular complexity index is 1010. The van der Waals surface area contributed by atoms with Crippen molar-refractivity contribution in [2.45, 2.75) is 77.0 Å². The van der Waals surface area contributed by atoms with Crippen LogP contribution < -0.4 is 0 Å². The van der Waals surface area contributed by atoms with E-state index in [0.29, 0.717) is 0 Å². The van der Waals surface area contributed by atoms with E-state index in [2.05, 4.69) is 12.1 Å². The average molecular weight is 395 g/mol. The Balaban J connectivity index is 1.46. The minimum absolute atomic E-state index is 0.985. The van der Waals surface area contributed by atoms with Crippen LogP contribution in [0, 0.1) is 0 Å². The largest absolute Gasteiger partial charge is 0.250 e. The Hall–Kier alpha value is -2.62. The van der Waals surface area contributed by atoms with Crippen LogP contribution in [0.15, 0.2) is 54.4 Å². The molecule has 0 fully saturated rings. The van der Waals surface area contributed by atoms with Gasteiger partial charge in [-0.15, -0.1) is 0 Å². The van der Waals surface area contributed by atoms with Crippen molar-refractivity contribution in [1.82, 2.24) is 0 Å². The van der Waals surface area contributed by atoms with Gasteiger partial charge in [0.2, 0.25) is 0 Å². The van der Waals surface area contributed by atoms with Crippen molar-refractivity contribution in [3.05, 3.63) is 34.4 Å². The maximum atomic E-state index is 5.17. The number of fused-ring (bicyclic) bond motifs is 2. The fourth-order valence-corrected chi connectivity index (χ4v) is 6.22. The molecular formula is C26H26N4. The Morgan fingerprint density at radius 1 is 0.400 bits per heavy atom. The van der Waals surface area contributed by atoms with E-state index in [1.165, 1.54) is 85.4 Å². The maximum Gasteiger partial charge on any atom is 0.0912 e. The van der Waals surface area contributed by atoms with Gasteiger partial charge in [-0.3, -0.25) is 20.0 Å². The van der Waals surface area contributed by atoms with Crippen LogP contribution in [0.25, 0.3) is 0 Å². The third-order valence-corrected chi connectivity index (χ3v) is 7.52. The zero-order valence-corrected chi connectivity index (χ0v) is 17.4. The van der Waals surface area contributed by atoms with Crippen molar-refractivity contribution in [2.75, 3.05) is 0 Å². The second kappa shape index (κ2) is 6.44. The first-order chi connectivity index (χ1) is 14.8. The zero-order valence-electron chi connectivity index (χ0n) is 17.4. The highest BCUT2D eigenvalue weighted by Crippen LogP contribution is 2.47. The molecule has 0 aromatic heterocycles. The Kier molecular flexibility index (Phi) is 3.67. The minimum atomic E-state index is 0.985. The van der Waals surface area contributed by atoms with Gasteiger partial charge >= 0.3 is 0 Å². The van der Waals surface area contributed by atoms with E-state index in [9.17, 15) is 0 Å². The lowest BCUT2D eigenvalue weighted by atomic mass is 9.80. The summed E-state index contributed by atoms with van der Waals surface area (Å²) in [4.78, 5) is 20.7. The molecule has 0 saturated carbocycles. The van der Waals surface area contributed by atoms with Crippen LogP contribution in [0.1, 0.15) is 77.0 Å². The molecule has 2 aliphatic heterocycles. The van der Waals surface area contributed by atoms with Gasteiger partial charge in [0.1, 0.15) is 0 Å². The van der Waals surface area contributed by atoms with Crippen LogP contribution in [0.4, 0.5) is 22.7 Å². The van der Waals surface area contributed by atoms with Crippen LogP contribution >= 0.6 is 0 Å². The lowest BCUT2D eigenvalue weighted by Gasteiger charge is -2.26. The summed E-state index contributed by atoms with van der Waals surface area (Å²) < 4.78 is 0. The number of nitrogens with zero attached hydrogens (tertiary/aromatic N) is 4. The second-order valence-electron chi connectivity index (χ2n) is 9.43. The molecule has 0 bridgehead atoms. The maximum absolute atomic E-state index is 5.17. The molecule has 2 heterocycles. The Labute approximate surface area is 177 Å². The summed E-state index contributed by atoms with van der Waals surface area (Å²) in [5.74, 6) is 0. The van der Waals surface area contributed by atoms with E-state index in [4.69, 9.17) is 20.0 Å². The molecular weight excluding hydrogens is 368 g/mol. The van der Waals surface area contributed by atoms with Crippen molar-refractivity contribution < 1.29 is 0 Å². The highest BCUT2D eigenvalue weighted by Gasteiger charge is 2.31. The molecule has 0 amide bonds. The van der Waals surface area contributed by atoms with Gasteiger partial charge in [-0.2, -0.15) is 0 Å². The zero-order chi connectivity index (χ0) is 19.7. The SMILES string of the molecule is c1c2c(cc3c1N=C1CCCC4=C1C(=N3)CCC4)N=C1CCCC3=C1C(=N2)CCC3. The summed E-state index contributed by atoms with van der Waals surface area (Å²) in [6, 6.07) is 4.33. The standard InChI is InChI=1S/C26H26N4/c1-5-15-6-2-10-18-25(15)17(9-1)27-21-13-23-24(14-22(21)28-18)30-20-12-4-8-16-7-3-11-19(29-23)26(16)20/h13-14H,1-12H2. The van der Waals surface area contributed by atoms with Gasteiger partial charge < -0.3 is 0 Å². The van der Waals surface area contributed by atoms with Gasteiger partial charge in [-0.05, 0) is 89.2 Å². The first-order valence-corrected chi connectivity index (χ1v) is 11.8. The molecule has 0 saturated heterocycles. The third kappa shape index (κ3) is 2.52. The molecule has 4 nitrogen and oxygen atoms in total. The third-order valence-electron chi connectivity index (χ3n) is 7.52. The second-order valence-corrected chi connectivity index (χ2v) is 9.43. The summed E-state index contributed by atoms with van der Waals surface area (Å²) in [7, 11) is 0. The van der Waals surface area contributed by atoms with Gasteiger partial charge in [-0.1, -0.05) is 11.1 Å². The van der Waals surface area contributed by atoms with Crippen LogP contribution in [0.2, 0.25) is 0 Å². The molecule has 150 valence electrons. The first-order valence-electron chi connectivity index (χ1n) is 11.8. The van der Waals surface area contributed by atoms with E-state index < -0.39 is 0 Å². The van der Waals surface area contributed by atoms with Gasteiger partial charge in [0, 0.05) is 11.1 Å². The lowest BCUT2D eigenvalue weighted by Crippen LogP contribution is -2.22. The van der Waals surface area contributed by atoms with E-state index in [0.717, 1.165) is 48.4 Å². The molecule has 7 rings (SSSR count). The van der Waals surface area contributed by atoms with E-state index in [-0.39, 0.29) is 0 Å². The summed E-state index contributed by atoms with van der Waals surface area (Å²) in [6.45, 7) is 0. The van der Waals surface area contributed by atoms with E-state index in [1.54, 1.807) is 11.1 Å². The number of rotatable bonds is 0. The summed E-state index contributed by atoms with van der Waals surface area (Å²) >= 11 is 0. The number of hydrogen-bond donors (Lipinski definition) is 0. The Morgan fingerprint density at radius 3 is 1.00 bits per heavy atom. The van der Waals surface area contributed by atoms with Crippen molar-refractivity contribution in [3.8, 4) is 0 Å². The molecule has 4 heteroatoms. The van der Waals surface area contributed by atoms with Gasteiger partial charge in [0.05, 0.1) is 45.6 Å². The molecule has 0 spiro atoms. The normalized spacial score (nSPS) is 24.3. The molecule has 6 aliphatic rings. The van der Waals surface area contributed by atoms with Crippen molar-refractivity contribution in [3.63, 3.8) is 0 Å². The molecule has 0 atom stereocenters. The molecule has 30 heavy (non-hydrogen) atoms. The molecule has 0 unspecified atom stereocenters. The number of benzene rings is 1. The Morgan fingerprint density at radius 2 is 0.700 bits per heavy atom. The van der Waals surface area contributed by atoms with E-state index >= 15 is 0 Å². The minimum Gasteiger partial charge on any atom is -0.250 e. The topological polar surface area (TPSA) is 49.4 Å². The number of allylic oxidation sites excluding steroid dienone is 4. The van der Waals surface area contributed by atoms with Gasteiger partial charge in [0.15, 0.2) is 0 Å². The summed E-state index contributed by atoms with van der Waals surface area (Å²) in [5.41, 5.74) is 15.0. The average Bonchev–Trinajstić information content (AvgIpc) is 3.02. The summed E-state index contributed by atoms with van der Waals surface area (Å²) in [5, 5.41) is 0. The van der Waals surface area contributed by atoms with Crippen LogP contribution in [0.5, 0.6) is 0 Å². The molecule has 1 aromatic rings. The smallest absolute Gasteiger partial charge is 0.0912 e.